The van der Waals surface area contributed by atoms with Crippen LogP contribution in [0.1, 0.15) is 11.6 Å². The number of nitrogens with zero attached hydrogens (tertiary/aromatic N) is 5. The zero-order valence-corrected chi connectivity index (χ0v) is 18.1. The Morgan fingerprint density at radius 2 is 2.03 bits per heavy atom. The van der Waals surface area contributed by atoms with Crippen LogP contribution >= 0.6 is 11.6 Å². The first-order valence-electron chi connectivity index (χ1n) is 9.73. The maximum atomic E-state index is 13.9. The first kappa shape index (κ1) is 22.3. The second kappa shape index (κ2) is 9.72. The zero-order chi connectivity index (χ0) is 23.4. The highest BCUT2D eigenvalue weighted by Gasteiger charge is 2.16. The van der Waals surface area contributed by atoms with Crippen molar-refractivity contribution in [1.82, 2.24) is 24.5 Å². The molecule has 0 unspecified atom stereocenters. The van der Waals surface area contributed by atoms with Gasteiger partial charge in [0, 0.05) is 30.1 Å². The van der Waals surface area contributed by atoms with E-state index >= 15 is 0 Å². The summed E-state index contributed by atoms with van der Waals surface area (Å²) in [7, 11) is 1.50. The van der Waals surface area contributed by atoms with Gasteiger partial charge >= 0.3 is 0 Å². The molecule has 0 radical (unpaired) electrons. The number of pyridine rings is 1. The second-order valence-corrected chi connectivity index (χ2v) is 7.28. The summed E-state index contributed by atoms with van der Waals surface area (Å²) >= 11 is 5.74. The van der Waals surface area contributed by atoms with E-state index in [1.165, 1.54) is 42.4 Å². The van der Waals surface area contributed by atoms with Gasteiger partial charge in [-0.05, 0) is 29.8 Å². The number of anilines is 2. The minimum atomic E-state index is -0.770. The Labute approximate surface area is 192 Å². The van der Waals surface area contributed by atoms with Gasteiger partial charge < -0.3 is 19.7 Å². The normalized spacial score (nSPS) is 11.8. The third-order valence-electron chi connectivity index (χ3n) is 4.83. The third-order valence-corrected chi connectivity index (χ3v) is 5.13. The Kier molecular flexibility index (Phi) is 6.57. The minimum Gasteiger partial charge on any atom is -0.481 e. The number of benzene rings is 1. The molecule has 1 atom stereocenters. The predicted molar refractivity (Wildman–Crippen MR) is 120 cm³/mol. The first-order chi connectivity index (χ1) is 16.0. The van der Waals surface area contributed by atoms with Gasteiger partial charge in [-0.15, -0.1) is 0 Å². The van der Waals surface area contributed by atoms with E-state index in [1.54, 1.807) is 30.5 Å². The lowest BCUT2D eigenvalue weighted by Crippen LogP contribution is -2.27. The number of ether oxygens (including phenoxy) is 1. The van der Waals surface area contributed by atoms with E-state index in [0.29, 0.717) is 28.5 Å². The molecule has 9 nitrogen and oxygen atoms in total. The monoisotopic (exact) mass is 468 g/mol. The molecular weight excluding hydrogens is 451 g/mol. The topological polar surface area (TPSA) is 115 Å². The lowest BCUT2D eigenvalue weighted by atomic mass is 10.1. The standard InChI is InChI=1S/C22H18ClFN6O3/c1-33-20-10-19(26-12-27-20)29-22-25-6-4-17(28-22)13-5-7-30(21(32)9-13)18(11-31)14-2-3-15(23)16(24)8-14/h2-10,12,18,31H,11H2,1H3,(H,25,26,27,28,29)/t18-/m1/s1. The van der Waals surface area contributed by atoms with Crippen LogP contribution < -0.4 is 15.6 Å². The summed E-state index contributed by atoms with van der Waals surface area (Å²) in [5.41, 5.74) is 1.07. The van der Waals surface area contributed by atoms with E-state index in [-0.39, 0.29) is 11.0 Å². The summed E-state index contributed by atoms with van der Waals surface area (Å²) in [5.74, 6) is 0.462. The number of nitrogens with one attached hydrogen (secondary N) is 1. The first-order valence-corrected chi connectivity index (χ1v) is 10.1. The highest BCUT2D eigenvalue weighted by Crippen LogP contribution is 2.24. The molecule has 33 heavy (non-hydrogen) atoms. The summed E-state index contributed by atoms with van der Waals surface area (Å²) in [5, 5.41) is 12.8. The molecule has 4 aromatic rings. The number of aliphatic hydroxyl groups excluding tert-OH is 1. The van der Waals surface area contributed by atoms with Gasteiger partial charge in [-0.25, -0.2) is 24.3 Å². The smallest absolute Gasteiger partial charge is 0.251 e. The molecule has 0 spiro atoms. The highest BCUT2D eigenvalue weighted by atomic mass is 35.5. The van der Waals surface area contributed by atoms with Gasteiger partial charge in [0.2, 0.25) is 11.8 Å². The van der Waals surface area contributed by atoms with Crippen molar-refractivity contribution in [2.75, 3.05) is 19.0 Å². The van der Waals surface area contributed by atoms with Crippen molar-refractivity contribution in [2.45, 2.75) is 6.04 Å². The van der Waals surface area contributed by atoms with E-state index in [9.17, 15) is 14.3 Å². The van der Waals surface area contributed by atoms with Gasteiger partial charge in [-0.3, -0.25) is 4.79 Å². The Balaban J connectivity index is 1.61. The van der Waals surface area contributed by atoms with Crippen molar-refractivity contribution in [3.63, 3.8) is 0 Å². The fourth-order valence-corrected chi connectivity index (χ4v) is 3.31. The molecular formula is C22H18ClFN6O3. The molecule has 3 heterocycles. The molecule has 0 aliphatic heterocycles. The van der Waals surface area contributed by atoms with Crippen LogP contribution in [0.15, 0.2) is 66.0 Å². The summed E-state index contributed by atoms with van der Waals surface area (Å²) < 4.78 is 20.3. The maximum Gasteiger partial charge on any atom is 0.251 e. The van der Waals surface area contributed by atoms with Crippen molar-refractivity contribution >= 4 is 23.4 Å². The SMILES string of the molecule is COc1cc(Nc2nccc(-c3ccn([C@H](CO)c4ccc(Cl)c(F)c4)c(=O)c3)n2)ncn1. The van der Waals surface area contributed by atoms with Crippen molar-refractivity contribution < 1.29 is 14.2 Å². The Bertz CT molecular complexity index is 1350. The number of aliphatic hydroxyl groups is 1. The van der Waals surface area contributed by atoms with E-state index in [4.69, 9.17) is 16.3 Å². The molecule has 11 heteroatoms. The van der Waals surface area contributed by atoms with Gasteiger partial charge in [-0.2, -0.15) is 0 Å². The quantitative estimate of drug-likeness (QED) is 0.425. The van der Waals surface area contributed by atoms with Crippen LogP contribution in [0.4, 0.5) is 16.2 Å². The highest BCUT2D eigenvalue weighted by molar-refractivity contribution is 6.30. The zero-order valence-electron chi connectivity index (χ0n) is 17.3. The van der Waals surface area contributed by atoms with E-state index in [2.05, 4.69) is 25.3 Å². The van der Waals surface area contributed by atoms with E-state index in [0.717, 1.165) is 0 Å². The van der Waals surface area contributed by atoms with Gasteiger partial charge in [-0.1, -0.05) is 17.7 Å². The maximum absolute atomic E-state index is 13.9. The summed E-state index contributed by atoms with van der Waals surface area (Å²) in [6.07, 6.45) is 4.41. The molecule has 0 aliphatic carbocycles. The number of aromatic nitrogens is 5. The van der Waals surface area contributed by atoms with Crippen LogP contribution in [0.2, 0.25) is 5.02 Å². The molecule has 2 N–H and O–H groups in total. The average Bonchev–Trinajstić information content (AvgIpc) is 2.83. The van der Waals surface area contributed by atoms with Crippen LogP contribution in [0.5, 0.6) is 5.88 Å². The lowest BCUT2D eigenvalue weighted by Gasteiger charge is -2.18. The Morgan fingerprint density at radius 3 is 2.76 bits per heavy atom. The molecule has 3 aromatic heterocycles. The van der Waals surface area contributed by atoms with Gasteiger partial charge in [0.25, 0.3) is 5.56 Å². The summed E-state index contributed by atoms with van der Waals surface area (Å²) in [6, 6.07) is 9.69. The van der Waals surface area contributed by atoms with E-state index < -0.39 is 24.0 Å². The van der Waals surface area contributed by atoms with Crippen LogP contribution in [0.3, 0.4) is 0 Å². The largest absolute Gasteiger partial charge is 0.481 e. The van der Waals surface area contributed by atoms with Crippen molar-refractivity contribution in [3.05, 3.63) is 87.9 Å². The van der Waals surface area contributed by atoms with Crippen LogP contribution in [-0.2, 0) is 0 Å². The second-order valence-electron chi connectivity index (χ2n) is 6.87. The number of hydrogen-bond acceptors (Lipinski definition) is 8. The average molecular weight is 469 g/mol. The predicted octanol–water partition coefficient (Wildman–Crippen LogP) is 3.22. The van der Waals surface area contributed by atoms with Crippen molar-refractivity contribution in [1.29, 1.82) is 0 Å². The molecule has 4 rings (SSSR count). The van der Waals surface area contributed by atoms with Gasteiger partial charge in [0.1, 0.15) is 18.0 Å². The summed E-state index contributed by atoms with van der Waals surface area (Å²) in [4.78, 5) is 29.4. The number of methoxy groups -OCH3 is 1. The van der Waals surface area contributed by atoms with Crippen LogP contribution in [0.25, 0.3) is 11.3 Å². The van der Waals surface area contributed by atoms with E-state index in [1.807, 2.05) is 0 Å². The number of hydrogen-bond donors (Lipinski definition) is 2. The lowest BCUT2D eigenvalue weighted by molar-refractivity contribution is 0.247. The van der Waals surface area contributed by atoms with Crippen molar-refractivity contribution in [2.24, 2.45) is 0 Å². The van der Waals surface area contributed by atoms with Crippen LogP contribution in [0, 0.1) is 5.82 Å². The third kappa shape index (κ3) is 4.97. The molecule has 0 saturated heterocycles. The fraction of sp³-hybridized carbons (Fsp3) is 0.136. The molecule has 0 aliphatic rings. The molecule has 168 valence electrons. The summed E-state index contributed by atoms with van der Waals surface area (Å²) in [6.45, 7) is -0.399. The molecule has 0 bridgehead atoms. The molecule has 0 fully saturated rings. The molecule has 1 aromatic carbocycles. The van der Waals surface area contributed by atoms with Crippen molar-refractivity contribution in [3.8, 4) is 17.1 Å². The fourth-order valence-electron chi connectivity index (χ4n) is 3.19. The van der Waals surface area contributed by atoms with Gasteiger partial charge in [0.15, 0.2) is 0 Å². The Hall–Kier alpha value is -3.89. The van der Waals surface area contributed by atoms with Crippen LogP contribution in [-0.4, -0.2) is 43.3 Å². The van der Waals surface area contributed by atoms with Gasteiger partial charge in [0.05, 0.1) is 30.5 Å². The molecule has 0 amide bonds. The Morgan fingerprint density at radius 1 is 1.18 bits per heavy atom. The number of rotatable bonds is 7. The minimum absolute atomic E-state index is 0.0354. The molecule has 0 saturated carbocycles. The number of halogens is 2.